The van der Waals surface area contributed by atoms with E-state index >= 15 is 0 Å². The lowest BCUT2D eigenvalue weighted by atomic mass is 9.75. The fourth-order valence-corrected chi connectivity index (χ4v) is 4.50. The van der Waals surface area contributed by atoms with Crippen molar-refractivity contribution in [2.24, 2.45) is 5.73 Å². The summed E-state index contributed by atoms with van der Waals surface area (Å²) in [5.41, 5.74) is 11.1. The number of rotatable bonds is 7. The van der Waals surface area contributed by atoms with Crippen molar-refractivity contribution in [1.82, 2.24) is 20.0 Å². The number of pyridine rings is 1. The van der Waals surface area contributed by atoms with E-state index in [1.54, 1.807) is 6.20 Å². The molecule has 5 rings (SSSR count). The van der Waals surface area contributed by atoms with E-state index in [-0.39, 0.29) is 6.04 Å². The van der Waals surface area contributed by atoms with E-state index in [9.17, 15) is 0 Å². The first-order valence-corrected chi connectivity index (χ1v) is 11.0. The number of aromatic nitrogens is 4. The second kappa shape index (κ2) is 9.18. The van der Waals surface area contributed by atoms with E-state index in [0.29, 0.717) is 12.1 Å². The molecule has 0 bridgehead atoms. The zero-order valence-corrected chi connectivity index (χ0v) is 18.2. The van der Waals surface area contributed by atoms with Gasteiger partial charge in [0.05, 0.1) is 11.9 Å². The average Bonchev–Trinajstić information content (AvgIpc) is 3.38. The van der Waals surface area contributed by atoms with Crippen LogP contribution in [0.3, 0.4) is 0 Å². The van der Waals surface area contributed by atoms with Gasteiger partial charge in [0, 0.05) is 12.2 Å². The number of hydrogen-bond acceptors (Lipinski definition) is 4. The van der Waals surface area contributed by atoms with Crippen molar-refractivity contribution in [3.8, 4) is 11.4 Å². The van der Waals surface area contributed by atoms with Crippen LogP contribution in [0.5, 0.6) is 0 Å². The molecule has 0 radical (unpaired) electrons. The molecule has 0 unspecified atom stereocenters. The molecule has 5 nitrogen and oxygen atoms in total. The quantitative estimate of drug-likeness (QED) is 0.405. The third-order valence-corrected chi connectivity index (χ3v) is 6.04. The zero-order valence-electron chi connectivity index (χ0n) is 18.2. The predicted octanol–water partition coefficient (Wildman–Crippen LogP) is 4.70. The van der Waals surface area contributed by atoms with Crippen molar-refractivity contribution in [3.05, 3.63) is 138 Å². The van der Waals surface area contributed by atoms with Crippen molar-refractivity contribution in [2.75, 3.05) is 0 Å². The molecule has 0 aliphatic heterocycles. The molecule has 0 aliphatic carbocycles. The minimum atomic E-state index is -0.765. The summed E-state index contributed by atoms with van der Waals surface area (Å²) < 4.78 is 1.91. The number of nitrogens with zero attached hydrogens (tertiary/aromatic N) is 4. The van der Waals surface area contributed by atoms with Crippen molar-refractivity contribution >= 4 is 0 Å². The Morgan fingerprint density at radius 3 is 1.85 bits per heavy atom. The molecule has 162 valence electrons. The van der Waals surface area contributed by atoms with Crippen molar-refractivity contribution in [2.45, 2.75) is 18.0 Å². The lowest BCUT2D eigenvalue weighted by Gasteiger charge is -2.40. The second-order valence-electron chi connectivity index (χ2n) is 8.06. The Morgan fingerprint density at radius 2 is 1.27 bits per heavy atom. The van der Waals surface area contributed by atoms with E-state index < -0.39 is 5.54 Å². The van der Waals surface area contributed by atoms with Crippen LogP contribution in [0.4, 0.5) is 0 Å². The number of benzene rings is 3. The molecule has 5 aromatic rings. The maximum Gasteiger partial charge on any atom is 0.131 e. The first kappa shape index (κ1) is 20.8. The molecular weight excluding hydrogens is 406 g/mol. The molecule has 0 spiro atoms. The van der Waals surface area contributed by atoms with Crippen LogP contribution < -0.4 is 5.73 Å². The SMILES string of the molecule is N[C@@H](Cc1ccccc1)C(c1ccccc1)(c1ccccc1)n1cc(-c2ccccn2)nn1. The molecule has 2 aromatic heterocycles. The maximum absolute atomic E-state index is 7.12. The highest BCUT2D eigenvalue weighted by molar-refractivity contribution is 5.52. The lowest BCUT2D eigenvalue weighted by Crippen LogP contribution is -2.53. The molecule has 2 N–H and O–H groups in total. The van der Waals surface area contributed by atoms with E-state index in [1.807, 2.05) is 83.7 Å². The molecule has 0 fully saturated rings. The molecule has 0 amide bonds. The third-order valence-electron chi connectivity index (χ3n) is 6.04. The maximum atomic E-state index is 7.12. The monoisotopic (exact) mass is 431 g/mol. The number of hydrogen-bond donors (Lipinski definition) is 1. The molecule has 0 saturated heterocycles. The normalized spacial score (nSPS) is 12.4. The van der Waals surface area contributed by atoms with Crippen molar-refractivity contribution < 1.29 is 0 Å². The summed E-state index contributed by atoms with van der Waals surface area (Å²) in [4.78, 5) is 4.46. The smallest absolute Gasteiger partial charge is 0.131 e. The highest BCUT2D eigenvalue weighted by Gasteiger charge is 2.43. The summed E-state index contributed by atoms with van der Waals surface area (Å²) in [6, 6.07) is 36.4. The topological polar surface area (TPSA) is 69.6 Å². The second-order valence-corrected chi connectivity index (χ2v) is 8.06. The van der Waals surface area contributed by atoms with Crippen molar-refractivity contribution in [3.63, 3.8) is 0 Å². The van der Waals surface area contributed by atoms with Gasteiger partial charge in [-0.2, -0.15) is 0 Å². The van der Waals surface area contributed by atoms with Crippen molar-refractivity contribution in [1.29, 1.82) is 0 Å². The van der Waals surface area contributed by atoms with E-state index in [0.717, 1.165) is 16.8 Å². The van der Waals surface area contributed by atoms with Gasteiger partial charge < -0.3 is 5.73 Å². The number of nitrogens with two attached hydrogens (primary N) is 1. The lowest BCUT2D eigenvalue weighted by molar-refractivity contribution is 0.307. The van der Waals surface area contributed by atoms with Gasteiger partial charge in [0.2, 0.25) is 0 Å². The summed E-state index contributed by atoms with van der Waals surface area (Å²) in [5.74, 6) is 0. The van der Waals surface area contributed by atoms with Gasteiger partial charge in [0.25, 0.3) is 0 Å². The highest BCUT2D eigenvalue weighted by Crippen LogP contribution is 2.38. The summed E-state index contributed by atoms with van der Waals surface area (Å²) in [6.45, 7) is 0. The third kappa shape index (κ3) is 3.95. The Balaban J connectivity index is 1.72. The molecule has 0 aliphatic rings. The Kier molecular flexibility index (Phi) is 5.79. The summed E-state index contributed by atoms with van der Waals surface area (Å²) >= 11 is 0. The fraction of sp³-hybridized carbons (Fsp3) is 0.107. The molecule has 3 aromatic carbocycles. The standard InChI is InChI=1S/C28H25N5/c29-27(20-22-12-4-1-5-13-22)28(23-14-6-2-7-15-23,24-16-8-3-9-17-24)33-21-26(31-32-33)25-18-10-11-19-30-25/h1-19,21,27H,20,29H2/t27-/m0/s1. The Hall–Kier alpha value is -4.09. The van der Waals surface area contributed by atoms with Gasteiger partial charge in [-0.05, 0) is 35.2 Å². The highest BCUT2D eigenvalue weighted by atomic mass is 15.5. The van der Waals surface area contributed by atoms with Crippen LogP contribution in [0.1, 0.15) is 16.7 Å². The van der Waals surface area contributed by atoms with Gasteiger partial charge >= 0.3 is 0 Å². The van der Waals surface area contributed by atoms with E-state index in [1.165, 1.54) is 5.56 Å². The van der Waals surface area contributed by atoms with Crippen LogP contribution in [0, 0.1) is 0 Å². The molecular formula is C28H25N5. The molecule has 33 heavy (non-hydrogen) atoms. The van der Waals surface area contributed by atoms with Gasteiger partial charge in [-0.25, -0.2) is 4.68 Å². The van der Waals surface area contributed by atoms with Crippen LogP contribution in [-0.4, -0.2) is 26.0 Å². The summed E-state index contributed by atoms with van der Waals surface area (Å²) in [5, 5.41) is 9.11. The fourth-order valence-electron chi connectivity index (χ4n) is 4.50. The molecule has 1 atom stereocenters. The van der Waals surface area contributed by atoms with E-state index in [4.69, 9.17) is 5.73 Å². The van der Waals surface area contributed by atoms with Gasteiger partial charge in [-0.1, -0.05) is 102 Å². The average molecular weight is 432 g/mol. The summed E-state index contributed by atoms with van der Waals surface area (Å²) in [6.07, 6.45) is 4.38. The molecule has 5 heteroatoms. The van der Waals surface area contributed by atoms with Gasteiger partial charge in [0.15, 0.2) is 0 Å². The Morgan fingerprint density at radius 1 is 0.697 bits per heavy atom. The largest absolute Gasteiger partial charge is 0.325 e. The summed E-state index contributed by atoms with van der Waals surface area (Å²) in [7, 11) is 0. The van der Waals surface area contributed by atoms with Gasteiger partial charge in [-0.3, -0.25) is 4.98 Å². The first-order chi connectivity index (χ1) is 16.3. The van der Waals surface area contributed by atoms with E-state index in [2.05, 4.69) is 51.7 Å². The predicted molar refractivity (Wildman–Crippen MR) is 130 cm³/mol. The Bertz CT molecular complexity index is 1250. The minimum absolute atomic E-state index is 0.317. The van der Waals surface area contributed by atoms with Gasteiger partial charge in [-0.15, -0.1) is 5.10 Å². The van der Waals surface area contributed by atoms with Crippen LogP contribution in [0.15, 0.2) is 122 Å². The van der Waals surface area contributed by atoms with Crippen LogP contribution in [0.25, 0.3) is 11.4 Å². The Labute approximate surface area is 193 Å². The van der Waals surface area contributed by atoms with Crippen LogP contribution >= 0.6 is 0 Å². The zero-order chi connectivity index (χ0) is 22.5. The first-order valence-electron chi connectivity index (χ1n) is 11.0. The van der Waals surface area contributed by atoms with Crippen LogP contribution in [0.2, 0.25) is 0 Å². The minimum Gasteiger partial charge on any atom is -0.325 e. The molecule has 2 heterocycles. The van der Waals surface area contributed by atoms with Gasteiger partial charge in [0.1, 0.15) is 11.2 Å². The molecule has 0 saturated carbocycles. The van der Waals surface area contributed by atoms with Crippen LogP contribution in [-0.2, 0) is 12.0 Å².